The lowest BCUT2D eigenvalue weighted by atomic mass is 10.1. The molecular weight excluding hydrogens is 154 g/mol. The van der Waals surface area contributed by atoms with Gasteiger partial charge in [-0.25, -0.2) is 0 Å². The molecule has 66 valence electrons. The number of furan rings is 1. The first kappa shape index (κ1) is 7.68. The first-order valence-electron chi connectivity index (χ1n) is 4.36. The zero-order valence-corrected chi connectivity index (χ0v) is 6.95. The van der Waals surface area contributed by atoms with Crippen molar-refractivity contribution in [2.75, 3.05) is 13.1 Å². The molecule has 0 aromatic carbocycles. The van der Waals surface area contributed by atoms with Crippen LogP contribution in [-0.4, -0.2) is 19.2 Å². The quantitative estimate of drug-likeness (QED) is 0.723. The fourth-order valence-corrected chi connectivity index (χ4v) is 1.42. The molecule has 1 aliphatic rings. The summed E-state index contributed by atoms with van der Waals surface area (Å²) < 4.78 is 10.7. The van der Waals surface area contributed by atoms with Crippen LogP contribution in [0.15, 0.2) is 22.8 Å². The Morgan fingerprint density at radius 3 is 3.25 bits per heavy atom. The van der Waals surface area contributed by atoms with E-state index in [1.54, 1.807) is 6.26 Å². The summed E-state index contributed by atoms with van der Waals surface area (Å²) in [6, 6.07) is 3.68. The van der Waals surface area contributed by atoms with E-state index >= 15 is 0 Å². The van der Waals surface area contributed by atoms with Crippen LogP contribution in [-0.2, 0) is 0 Å². The van der Waals surface area contributed by atoms with Crippen molar-refractivity contribution in [3.8, 4) is 5.95 Å². The number of hydrogen-bond acceptors (Lipinski definition) is 3. The molecule has 3 nitrogen and oxygen atoms in total. The van der Waals surface area contributed by atoms with Crippen molar-refractivity contribution < 1.29 is 9.15 Å². The van der Waals surface area contributed by atoms with E-state index in [1.165, 1.54) is 6.42 Å². The monoisotopic (exact) mass is 167 g/mol. The average Bonchev–Trinajstić information content (AvgIpc) is 2.59. The Hall–Kier alpha value is -0.960. The van der Waals surface area contributed by atoms with Gasteiger partial charge < -0.3 is 14.5 Å². The van der Waals surface area contributed by atoms with E-state index in [0.717, 1.165) is 19.5 Å². The van der Waals surface area contributed by atoms with Crippen LogP contribution in [0.5, 0.6) is 5.95 Å². The van der Waals surface area contributed by atoms with E-state index in [0.29, 0.717) is 5.95 Å². The Kier molecular flexibility index (Phi) is 2.32. The predicted octanol–water partition coefficient (Wildman–Crippen LogP) is 1.41. The van der Waals surface area contributed by atoms with E-state index < -0.39 is 0 Å². The van der Waals surface area contributed by atoms with Crippen molar-refractivity contribution in [3.63, 3.8) is 0 Å². The molecule has 1 N–H and O–H groups in total. The van der Waals surface area contributed by atoms with Crippen molar-refractivity contribution in [3.05, 3.63) is 18.4 Å². The standard InChI is InChI=1S/C9H13NO2/c1-3-8(7-10-5-1)12-9-4-2-6-11-9/h2,4,6,8,10H,1,3,5,7H2. The van der Waals surface area contributed by atoms with E-state index in [2.05, 4.69) is 5.32 Å². The van der Waals surface area contributed by atoms with Gasteiger partial charge in [-0.2, -0.15) is 0 Å². The first-order chi connectivity index (χ1) is 5.95. The van der Waals surface area contributed by atoms with Crippen LogP contribution >= 0.6 is 0 Å². The van der Waals surface area contributed by atoms with E-state index in [9.17, 15) is 0 Å². The zero-order chi connectivity index (χ0) is 8.23. The molecule has 2 heterocycles. The second-order valence-corrected chi connectivity index (χ2v) is 3.02. The van der Waals surface area contributed by atoms with Crippen molar-refractivity contribution >= 4 is 0 Å². The second kappa shape index (κ2) is 3.63. The minimum Gasteiger partial charge on any atom is -0.460 e. The molecule has 1 aliphatic heterocycles. The van der Waals surface area contributed by atoms with Crippen LogP contribution in [0.2, 0.25) is 0 Å². The van der Waals surface area contributed by atoms with Gasteiger partial charge in [0.15, 0.2) is 0 Å². The van der Waals surface area contributed by atoms with Crippen molar-refractivity contribution in [1.29, 1.82) is 0 Å². The highest BCUT2D eigenvalue weighted by molar-refractivity contribution is 5.04. The summed E-state index contributed by atoms with van der Waals surface area (Å²) >= 11 is 0. The van der Waals surface area contributed by atoms with Crippen LogP contribution < -0.4 is 10.1 Å². The molecule has 0 bridgehead atoms. The zero-order valence-electron chi connectivity index (χ0n) is 6.95. The smallest absolute Gasteiger partial charge is 0.284 e. The largest absolute Gasteiger partial charge is 0.460 e. The molecule has 1 unspecified atom stereocenters. The third kappa shape index (κ3) is 1.80. The molecule has 0 amide bonds. The highest BCUT2D eigenvalue weighted by Gasteiger charge is 2.14. The lowest BCUT2D eigenvalue weighted by Crippen LogP contribution is -2.37. The Morgan fingerprint density at radius 2 is 2.58 bits per heavy atom. The molecular formula is C9H13NO2. The van der Waals surface area contributed by atoms with E-state index in [4.69, 9.17) is 9.15 Å². The molecule has 1 aromatic heterocycles. The Labute approximate surface area is 71.7 Å². The summed E-state index contributed by atoms with van der Waals surface area (Å²) in [5.41, 5.74) is 0. The lowest BCUT2D eigenvalue weighted by Gasteiger charge is -2.22. The maximum absolute atomic E-state index is 5.57. The molecule has 0 spiro atoms. The van der Waals surface area contributed by atoms with Crippen molar-refractivity contribution in [2.24, 2.45) is 0 Å². The fourth-order valence-electron chi connectivity index (χ4n) is 1.42. The summed E-state index contributed by atoms with van der Waals surface area (Å²) in [4.78, 5) is 0. The molecule has 3 heteroatoms. The second-order valence-electron chi connectivity index (χ2n) is 3.02. The SMILES string of the molecule is c1coc(OC2CCCNC2)c1. The molecule has 12 heavy (non-hydrogen) atoms. The molecule has 0 aliphatic carbocycles. The Bertz CT molecular complexity index is 214. The van der Waals surface area contributed by atoms with Crippen LogP contribution in [0.4, 0.5) is 0 Å². The molecule has 0 saturated carbocycles. The first-order valence-corrected chi connectivity index (χ1v) is 4.36. The third-order valence-electron chi connectivity index (χ3n) is 2.03. The normalized spacial score (nSPS) is 23.8. The van der Waals surface area contributed by atoms with Gasteiger partial charge in [-0.1, -0.05) is 0 Å². The van der Waals surface area contributed by atoms with Crippen LogP contribution in [0.3, 0.4) is 0 Å². The Morgan fingerprint density at radius 1 is 1.58 bits per heavy atom. The van der Waals surface area contributed by atoms with Crippen LogP contribution in [0, 0.1) is 0 Å². The van der Waals surface area contributed by atoms with E-state index in [-0.39, 0.29) is 6.10 Å². The molecule has 1 fully saturated rings. The lowest BCUT2D eigenvalue weighted by molar-refractivity contribution is 0.130. The number of piperidine rings is 1. The molecule has 2 rings (SSSR count). The van der Waals surface area contributed by atoms with Gasteiger partial charge in [0.05, 0.1) is 6.26 Å². The highest BCUT2D eigenvalue weighted by atomic mass is 16.6. The number of rotatable bonds is 2. The number of nitrogens with one attached hydrogen (secondary N) is 1. The van der Waals surface area contributed by atoms with E-state index in [1.807, 2.05) is 12.1 Å². The number of ether oxygens (including phenoxy) is 1. The Balaban J connectivity index is 1.86. The fraction of sp³-hybridized carbons (Fsp3) is 0.556. The minimum absolute atomic E-state index is 0.282. The summed E-state index contributed by atoms with van der Waals surface area (Å²) in [7, 11) is 0. The van der Waals surface area contributed by atoms with Crippen molar-refractivity contribution in [2.45, 2.75) is 18.9 Å². The third-order valence-corrected chi connectivity index (χ3v) is 2.03. The summed E-state index contributed by atoms with van der Waals surface area (Å²) in [5.74, 6) is 0.628. The van der Waals surface area contributed by atoms with Gasteiger partial charge in [-0.15, -0.1) is 0 Å². The van der Waals surface area contributed by atoms with Gasteiger partial charge in [-0.05, 0) is 25.5 Å². The van der Waals surface area contributed by atoms with Gasteiger partial charge in [0.2, 0.25) is 0 Å². The maximum atomic E-state index is 5.57. The molecule has 1 aromatic rings. The molecule has 0 radical (unpaired) electrons. The topological polar surface area (TPSA) is 34.4 Å². The summed E-state index contributed by atoms with van der Waals surface area (Å²) in [6.07, 6.45) is 4.22. The van der Waals surface area contributed by atoms with Gasteiger partial charge >= 0.3 is 0 Å². The summed E-state index contributed by atoms with van der Waals surface area (Å²) in [6.45, 7) is 2.04. The predicted molar refractivity (Wildman–Crippen MR) is 45.2 cm³/mol. The van der Waals surface area contributed by atoms with Gasteiger partial charge in [0.1, 0.15) is 6.10 Å². The highest BCUT2D eigenvalue weighted by Crippen LogP contribution is 2.15. The van der Waals surface area contributed by atoms with Crippen LogP contribution in [0.1, 0.15) is 12.8 Å². The van der Waals surface area contributed by atoms with Crippen LogP contribution in [0.25, 0.3) is 0 Å². The van der Waals surface area contributed by atoms with Gasteiger partial charge in [0.25, 0.3) is 5.95 Å². The average molecular weight is 167 g/mol. The van der Waals surface area contributed by atoms with Crippen molar-refractivity contribution in [1.82, 2.24) is 5.32 Å². The van der Waals surface area contributed by atoms with Gasteiger partial charge in [0, 0.05) is 12.6 Å². The molecule has 1 atom stereocenters. The minimum atomic E-state index is 0.282. The number of hydrogen-bond donors (Lipinski definition) is 1. The molecule has 1 saturated heterocycles. The van der Waals surface area contributed by atoms with Gasteiger partial charge in [-0.3, -0.25) is 0 Å². The summed E-state index contributed by atoms with van der Waals surface area (Å²) in [5, 5.41) is 3.28. The maximum Gasteiger partial charge on any atom is 0.284 e.